The molecular weight excluding hydrogens is 412 g/mol. The maximum atomic E-state index is 12.9. The van der Waals surface area contributed by atoms with Crippen LogP contribution in [0.15, 0.2) is 48.5 Å². The number of hydrogen-bond acceptors (Lipinski definition) is 5. The molecule has 2 aromatic rings. The molecule has 0 fully saturated rings. The second-order valence-electron chi connectivity index (χ2n) is 7.71. The van der Waals surface area contributed by atoms with Gasteiger partial charge in [0.2, 0.25) is 0 Å². The third-order valence-electron chi connectivity index (χ3n) is 5.97. The maximum absolute atomic E-state index is 12.9. The molecule has 0 saturated carbocycles. The van der Waals surface area contributed by atoms with Crippen molar-refractivity contribution in [2.75, 3.05) is 20.3 Å². The van der Waals surface area contributed by atoms with Crippen molar-refractivity contribution >= 4 is 18.0 Å². The van der Waals surface area contributed by atoms with Gasteiger partial charge in [-0.1, -0.05) is 62.4 Å². The molecule has 0 spiro atoms. The SMILES string of the molecule is CCC(CC)(NC(=O)OCC1c2ccccc2-c2ccccc21)C(=O)N(C)OCC(=O)O. The quantitative estimate of drug-likeness (QED) is 0.578. The highest BCUT2D eigenvalue weighted by atomic mass is 16.7. The zero-order valence-electron chi connectivity index (χ0n) is 18.5. The number of amides is 2. The van der Waals surface area contributed by atoms with Crippen LogP contribution in [0.25, 0.3) is 11.1 Å². The normalized spacial score (nSPS) is 12.6. The predicted octanol–water partition coefficient (Wildman–Crippen LogP) is 3.56. The van der Waals surface area contributed by atoms with E-state index in [0.29, 0.717) is 0 Å². The van der Waals surface area contributed by atoms with Crippen molar-refractivity contribution in [1.82, 2.24) is 10.4 Å². The molecule has 2 N–H and O–H groups in total. The Morgan fingerprint density at radius 1 is 1.00 bits per heavy atom. The molecule has 0 atom stereocenters. The number of nitrogens with zero attached hydrogens (tertiary/aromatic N) is 1. The number of alkyl carbamates (subject to hydrolysis) is 1. The van der Waals surface area contributed by atoms with Crippen molar-refractivity contribution in [3.8, 4) is 11.1 Å². The molecule has 0 unspecified atom stereocenters. The summed E-state index contributed by atoms with van der Waals surface area (Å²) in [4.78, 5) is 41.3. The molecule has 0 aliphatic heterocycles. The monoisotopic (exact) mass is 440 g/mol. The number of likely N-dealkylation sites (N-methyl/N-ethyl adjacent to an activating group) is 1. The number of fused-ring (bicyclic) bond motifs is 3. The summed E-state index contributed by atoms with van der Waals surface area (Å²) in [6.07, 6.45) is -0.142. The van der Waals surface area contributed by atoms with E-state index in [0.717, 1.165) is 27.3 Å². The number of carboxylic acid groups (broad SMARTS) is 1. The third-order valence-corrected chi connectivity index (χ3v) is 5.97. The zero-order chi connectivity index (χ0) is 23.3. The fourth-order valence-electron chi connectivity index (χ4n) is 4.12. The Labute approximate surface area is 187 Å². The number of aliphatic carboxylic acids is 1. The first kappa shape index (κ1) is 23.3. The minimum absolute atomic E-state index is 0.0944. The van der Waals surface area contributed by atoms with Crippen LogP contribution in [0, 0.1) is 0 Å². The number of rotatable bonds is 9. The lowest BCUT2D eigenvalue weighted by molar-refractivity contribution is -0.191. The fraction of sp³-hybridized carbons (Fsp3) is 0.375. The van der Waals surface area contributed by atoms with E-state index in [-0.39, 0.29) is 25.4 Å². The van der Waals surface area contributed by atoms with Gasteiger partial charge in [0.25, 0.3) is 5.91 Å². The van der Waals surface area contributed by atoms with E-state index in [1.54, 1.807) is 13.8 Å². The van der Waals surface area contributed by atoms with E-state index < -0.39 is 30.1 Å². The molecule has 1 aliphatic rings. The van der Waals surface area contributed by atoms with Crippen LogP contribution < -0.4 is 5.32 Å². The average Bonchev–Trinajstić information content (AvgIpc) is 3.13. The number of carbonyl (C=O) groups excluding carboxylic acids is 2. The molecular formula is C24H28N2O6. The van der Waals surface area contributed by atoms with Gasteiger partial charge in [-0.15, -0.1) is 0 Å². The molecule has 0 bridgehead atoms. The van der Waals surface area contributed by atoms with E-state index in [2.05, 4.69) is 17.4 Å². The summed E-state index contributed by atoms with van der Waals surface area (Å²) in [6.45, 7) is 2.99. The van der Waals surface area contributed by atoms with Gasteiger partial charge < -0.3 is 15.2 Å². The number of ether oxygens (including phenoxy) is 1. The Kier molecular flexibility index (Phi) is 7.15. The summed E-state index contributed by atoms with van der Waals surface area (Å²) < 4.78 is 5.57. The third kappa shape index (κ3) is 4.60. The van der Waals surface area contributed by atoms with Crippen molar-refractivity contribution in [2.24, 2.45) is 0 Å². The first-order valence-electron chi connectivity index (χ1n) is 10.6. The predicted molar refractivity (Wildman–Crippen MR) is 118 cm³/mol. The van der Waals surface area contributed by atoms with Crippen LogP contribution in [0.3, 0.4) is 0 Å². The number of benzene rings is 2. The lowest BCUT2D eigenvalue weighted by atomic mass is 9.92. The fourth-order valence-corrected chi connectivity index (χ4v) is 4.12. The molecule has 2 amide bonds. The number of nitrogens with one attached hydrogen (secondary N) is 1. The van der Waals surface area contributed by atoms with Crippen LogP contribution in [0.1, 0.15) is 43.7 Å². The van der Waals surface area contributed by atoms with Crippen molar-refractivity contribution in [2.45, 2.75) is 38.1 Å². The van der Waals surface area contributed by atoms with Crippen LogP contribution >= 0.6 is 0 Å². The number of hydrogen-bond donors (Lipinski definition) is 2. The summed E-state index contributed by atoms with van der Waals surface area (Å²) in [6, 6.07) is 16.1. The highest BCUT2D eigenvalue weighted by Crippen LogP contribution is 2.44. The minimum atomic E-state index is -1.27. The first-order chi connectivity index (χ1) is 15.3. The standard InChI is InChI=1S/C24H28N2O6/c1-4-24(5-2,22(29)26(3)32-15-21(27)28)25-23(30)31-14-20-18-12-8-6-10-16(18)17-11-7-9-13-19(17)20/h6-13,20H,4-5,14-15H2,1-3H3,(H,25,30)(H,27,28). The molecule has 2 aromatic carbocycles. The van der Waals surface area contributed by atoms with Gasteiger partial charge in [0.1, 0.15) is 12.1 Å². The first-order valence-corrected chi connectivity index (χ1v) is 10.6. The van der Waals surface area contributed by atoms with Crippen molar-refractivity contribution in [3.05, 3.63) is 59.7 Å². The summed E-state index contributed by atoms with van der Waals surface area (Å²) >= 11 is 0. The van der Waals surface area contributed by atoms with E-state index in [1.165, 1.54) is 7.05 Å². The summed E-state index contributed by atoms with van der Waals surface area (Å²) in [5.41, 5.74) is 3.17. The van der Waals surface area contributed by atoms with Crippen molar-refractivity contribution in [3.63, 3.8) is 0 Å². The summed E-state index contributed by atoms with van der Waals surface area (Å²) in [7, 11) is 1.32. The molecule has 8 heteroatoms. The molecule has 0 aromatic heterocycles. The van der Waals surface area contributed by atoms with Crippen molar-refractivity contribution < 1.29 is 29.1 Å². The second kappa shape index (κ2) is 9.82. The van der Waals surface area contributed by atoms with E-state index in [4.69, 9.17) is 14.7 Å². The van der Waals surface area contributed by atoms with Gasteiger partial charge in [-0.05, 0) is 35.1 Å². The minimum Gasteiger partial charge on any atom is -0.479 e. The Bertz CT molecular complexity index is 956. The van der Waals surface area contributed by atoms with Crippen LogP contribution in [-0.2, 0) is 19.2 Å². The molecule has 3 rings (SSSR count). The van der Waals surface area contributed by atoms with Gasteiger partial charge in [0, 0.05) is 13.0 Å². The van der Waals surface area contributed by atoms with E-state index in [9.17, 15) is 14.4 Å². The lowest BCUT2D eigenvalue weighted by Gasteiger charge is -2.34. The van der Waals surface area contributed by atoms with Crippen LogP contribution in [0.4, 0.5) is 4.79 Å². The number of hydroxylamine groups is 2. The highest BCUT2D eigenvalue weighted by Gasteiger charge is 2.40. The number of carbonyl (C=O) groups is 3. The van der Waals surface area contributed by atoms with Crippen molar-refractivity contribution in [1.29, 1.82) is 0 Å². The Morgan fingerprint density at radius 3 is 2.03 bits per heavy atom. The largest absolute Gasteiger partial charge is 0.479 e. The molecule has 8 nitrogen and oxygen atoms in total. The highest BCUT2D eigenvalue weighted by molar-refractivity contribution is 5.89. The Morgan fingerprint density at radius 2 is 1.53 bits per heavy atom. The second-order valence-corrected chi connectivity index (χ2v) is 7.71. The molecule has 32 heavy (non-hydrogen) atoms. The topological polar surface area (TPSA) is 105 Å². The Balaban J connectivity index is 1.70. The Hall–Kier alpha value is -3.39. The van der Waals surface area contributed by atoms with E-state index in [1.807, 2.05) is 36.4 Å². The smallest absolute Gasteiger partial charge is 0.408 e. The van der Waals surface area contributed by atoms with Gasteiger partial charge in [0.15, 0.2) is 6.61 Å². The van der Waals surface area contributed by atoms with Gasteiger partial charge in [-0.2, -0.15) is 0 Å². The molecule has 0 saturated heterocycles. The molecule has 0 heterocycles. The molecule has 0 radical (unpaired) electrons. The lowest BCUT2D eigenvalue weighted by Crippen LogP contribution is -2.58. The summed E-state index contributed by atoms with van der Waals surface area (Å²) in [5.74, 6) is -1.84. The summed E-state index contributed by atoms with van der Waals surface area (Å²) in [5, 5.41) is 12.3. The van der Waals surface area contributed by atoms with Gasteiger partial charge in [-0.25, -0.2) is 14.7 Å². The number of carboxylic acids is 1. The average molecular weight is 440 g/mol. The molecule has 170 valence electrons. The van der Waals surface area contributed by atoms with Crippen LogP contribution in [0.2, 0.25) is 0 Å². The molecule has 1 aliphatic carbocycles. The van der Waals surface area contributed by atoms with Gasteiger partial charge in [-0.3, -0.25) is 9.63 Å². The van der Waals surface area contributed by atoms with E-state index >= 15 is 0 Å². The van der Waals surface area contributed by atoms with Gasteiger partial charge >= 0.3 is 12.1 Å². The van der Waals surface area contributed by atoms with Crippen LogP contribution in [-0.4, -0.2) is 53.9 Å². The zero-order valence-corrected chi connectivity index (χ0v) is 18.5. The van der Waals surface area contributed by atoms with Crippen LogP contribution in [0.5, 0.6) is 0 Å². The maximum Gasteiger partial charge on any atom is 0.408 e. The van der Waals surface area contributed by atoms with Gasteiger partial charge in [0.05, 0.1) is 0 Å².